The summed E-state index contributed by atoms with van der Waals surface area (Å²) in [5, 5.41) is 7.21. The van der Waals surface area contributed by atoms with Crippen molar-refractivity contribution in [3.05, 3.63) is 35.2 Å². The average Bonchev–Trinajstić information content (AvgIpc) is 2.77. The summed E-state index contributed by atoms with van der Waals surface area (Å²) in [4.78, 5) is 14.7. The SMILES string of the molecule is NC(=O)CNCc1nc(-c2cccc(Cl)c2)no1. The lowest BCUT2D eigenvalue weighted by Crippen LogP contribution is -2.28. The highest BCUT2D eigenvalue weighted by molar-refractivity contribution is 6.30. The second-order valence-electron chi connectivity index (χ2n) is 3.59. The number of hydrogen-bond donors (Lipinski definition) is 2. The predicted octanol–water partition coefficient (Wildman–Crippen LogP) is 0.965. The lowest BCUT2D eigenvalue weighted by Gasteiger charge is -1.95. The molecule has 3 N–H and O–H groups in total. The molecule has 0 fully saturated rings. The van der Waals surface area contributed by atoms with E-state index in [-0.39, 0.29) is 13.1 Å². The highest BCUT2D eigenvalue weighted by Crippen LogP contribution is 2.19. The molecule has 0 spiro atoms. The summed E-state index contributed by atoms with van der Waals surface area (Å²) in [7, 11) is 0. The topological polar surface area (TPSA) is 94.0 Å². The van der Waals surface area contributed by atoms with Gasteiger partial charge in [-0.25, -0.2) is 0 Å². The molecule has 1 aromatic carbocycles. The Morgan fingerprint density at radius 3 is 3.06 bits per heavy atom. The summed E-state index contributed by atoms with van der Waals surface area (Å²) in [5.41, 5.74) is 5.76. The molecule has 0 saturated heterocycles. The first kappa shape index (κ1) is 12.5. The van der Waals surface area contributed by atoms with Crippen LogP contribution in [0.4, 0.5) is 0 Å². The van der Waals surface area contributed by atoms with Crippen molar-refractivity contribution in [2.24, 2.45) is 5.73 Å². The van der Waals surface area contributed by atoms with E-state index < -0.39 is 5.91 Å². The minimum Gasteiger partial charge on any atom is -0.369 e. The molecule has 0 unspecified atom stereocenters. The van der Waals surface area contributed by atoms with Crippen molar-refractivity contribution in [3.63, 3.8) is 0 Å². The van der Waals surface area contributed by atoms with E-state index in [4.69, 9.17) is 21.9 Å². The molecule has 0 saturated carbocycles. The zero-order valence-electron chi connectivity index (χ0n) is 9.39. The molecular formula is C11H11ClN4O2. The van der Waals surface area contributed by atoms with Crippen LogP contribution in [0.5, 0.6) is 0 Å². The van der Waals surface area contributed by atoms with Gasteiger partial charge in [-0.1, -0.05) is 28.9 Å². The number of benzene rings is 1. The molecule has 7 heteroatoms. The maximum absolute atomic E-state index is 10.5. The smallest absolute Gasteiger partial charge is 0.240 e. The number of amides is 1. The van der Waals surface area contributed by atoms with Crippen molar-refractivity contribution in [1.82, 2.24) is 15.5 Å². The number of halogens is 1. The molecular weight excluding hydrogens is 256 g/mol. The summed E-state index contributed by atoms with van der Waals surface area (Å²) in [5.74, 6) is 0.393. The van der Waals surface area contributed by atoms with Gasteiger partial charge in [-0.05, 0) is 12.1 Å². The van der Waals surface area contributed by atoms with Crippen LogP contribution < -0.4 is 11.1 Å². The van der Waals surface area contributed by atoms with Gasteiger partial charge in [-0.3, -0.25) is 10.1 Å². The molecule has 0 atom stereocenters. The number of nitrogens with zero attached hydrogens (tertiary/aromatic N) is 2. The zero-order valence-corrected chi connectivity index (χ0v) is 10.1. The summed E-state index contributed by atoms with van der Waals surface area (Å²) in [6.45, 7) is 0.353. The van der Waals surface area contributed by atoms with E-state index in [0.717, 1.165) is 5.56 Å². The number of nitrogens with two attached hydrogens (primary N) is 1. The minimum atomic E-state index is -0.440. The third-order valence-electron chi connectivity index (χ3n) is 2.13. The monoisotopic (exact) mass is 266 g/mol. The largest absolute Gasteiger partial charge is 0.369 e. The first-order valence-electron chi connectivity index (χ1n) is 5.22. The molecule has 0 bridgehead atoms. The Balaban J connectivity index is 2.04. The van der Waals surface area contributed by atoms with Crippen molar-refractivity contribution < 1.29 is 9.32 Å². The molecule has 6 nitrogen and oxygen atoms in total. The third kappa shape index (κ3) is 3.28. The standard InChI is InChI=1S/C11H11ClN4O2/c12-8-3-1-2-7(4-8)11-15-10(18-16-11)6-14-5-9(13)17/h1-4,14H,5-6H2,(H2,13,17). The Labute approximate surface area is 108 Å². The van der Waals surface area contributed by atoms with E-state index >= 15 is 0 Å². The number of nitrogens with one attached hydrogen (secondary N) is 1. The van der Waals surface area contributed by atoms with Crippen LogP contribution in [-0.2, 0) is 11.3 Å². The molecule has 1 heterocycles. The second-order valence-corrected chi connectivity index (χ2v) is 4.03. The Morgan fingerprint density at radius 1 is 1.50 bits per heavy atom. The van der Waals surface area contributed by atoms with Crippen LogP contribution in [0.3, 0.4) is 0 Å². The Morgan fingerprint density at radius 2 is 2.33 bits per heavy atom. The third-order valence-corrected chi connectivity index (χ3v) is 2.36. The van der Waals surface area contributed by atoms with Gasteiger partial charge in [0.05, 0.1) is 13.1 Å². The van der Waals surface area contributed by atoms with Crippen LogP contribution in [0.25, 0.3) is 11.4 Å². The molecule has 0 aliphatic carbocycles. The quantitative estimate of drug-likeness (QED) is 0.841. The Kier molecular flexibility index (Phi) is 3.91. The molecule has 94 valence electrons. The predicted molar refractivity (Wildman–Crippen MR) is 65.6 cm³/mol. The summed E-state index contributed by atoms with van der Waals surface area (Å²) >= 11 is 5.87. The van der Waals surface area contributed by atoms with E-state index in [0.29, 0.717) is 16.7 Å². The first-order chi connectivity index (χ1) is 8.65. The van der Waals surface area contributed by atoms with Gasteiger partial charge in [0.15, 0.2) is 0 Å². The van der Waals surface area contributed by atoms with Crippen molar-refractivity contribution in [2.75, 3.05) is 6.54 Å². The van der Waals surface area contributed by atoms with Crippen LogP contribution in [0, 0.1) is 0 Å². The second kappa shape index (κ2) is 5.61. The highest BCUT2D eigenvalue weighted by atomic mass is 35.5. The number of aromatic nitrogens is 2. The molecule has 0 radical (unpaired) electrons. The van der Waals surface area contributed by atoms with E-state index in [1.54, 1.807) is 18.2 Å². The first-order valence-corrected chi connectivity index (χ1v) is 5.60. The fraction of sp³-hybridized carbons (Fsp3) is 0.182. The minimum absolute atomic E-state index is 0.0644. The van der Waals surface area contributed by atoms with Gasteiger partial charge < -0.3 is 10.3 Å². The van der Waals surface area contributed by atoms with E-state index in [1.165, 1.54) is 0 Å². The fourth-order valence-electron chi connectivity index (χ4n) is 1.36. The lowest BCUT2D eigenvalue weighted by atomic mass is 10.2. The fourth-order valence-corrected chi connectivity index (χ4v) is 1.55. The zero-order chi connectivity index (χ0) is 13.0. The van der Waals surface area contributed by atoms with Crippen LogP contribution in [0.1, 0.15) is 5.89 Å². The van der Waals surface area contributed by atoms with Crippen LogP contribution >= 0.6 is 11.6 Å². The van der Waals surface area contributed by atoms with Gasteiger partial charge in [0.25, 0.3) is 0 Å². The van der Waals surface area contributed by atoms with E-state index in [9.17, 15) is 4.79 Å². The van der Waals surface area contributed by atoms with Crippen LogP contribution in [0.15, 0.2) is 28.8 Å². The van der Waals surface area contributed by atoms with Crippen molar-refractivity contribution >= 4 is 17.5 Å². The number of rotatable bonds is 5. The summed E-state index contributed by atoms with van der Waals surface area (Å²) < 4.78 is 5.02. The van der Waals surface area contributed by atoms with Crippen molar-refractivity contribution in [1.29, 1.82) is 0 Å². The summed E-state index contributed by atoms with van der Waals surface area (Å²) in [6.07, 6.45) is 0. The molecule has 1 amide bonds. The maximum atomic E-state index is 10.5. The van der Waals surface area contributed by atoms with Gasteiger partial charge in [0.2, 0.25) is 17.6 Å². The van der Waals surface area contributed by atoms with Crippen LogP contribution in [-0.4, -0.2) is 22.6 Å². The van der Waals surface area contributed by atoms with Crippen LogP contribution in [0.2, 0.25) is 5.02 Å². The molecule has 2 aromatic rings. The van der Waals surface area contributed by atoms with Crippen molar-refractivity contribution in [3.8, 4) is 11.4 Å². The molecule has 1 aromatic heterocycles. The number of primary amides is 1. The molecule has 2 rings (SSSR count). The lowest BCUT2D eigenvalue weighted by molar-refractivity contribution is -0.117. The normalized spacial score (nSPS) is 10.5. The van der Waals surface area contributed by atoms with E-state index in [1.807, 2.05) is 6.07 Å². The Hall–Kier alpha value is -1.92. The maximum Gasteiger partial charge on any atom is 0.240 e. The number of carbonyl (C=O) groups is 1. The summed E-state index contributed by atoms with van der Waals surface area (Å²) in [6, 6.07) is 7.14. The molecule has 0 aliphatic heterocycles. The van der Waals surface area contributed by atoms with Gasteiger partial charge in [0.1, 0.15) is 0 Å². The van der Waals surface area contributed by atoms with Crippen molar-refractivity contribution in [2.45, 2.75) is 6.54 Å². The van der Waals surface area contributed by atoms with Gasteiger partial charge in [-0.2, -0.15) is 4.98 Å². The number of carbonyl (C=O) groups excluding carboxylic acids is 1. The molecule has 18 heavy (non-hydrogen) atoms. The highest BCUT2D eigenvalue weighted by Gasteiger charge is 2.08. The van der Waals surface area contributed by atoms with Gasteiger partial charge in [0, 0.05) is 10.6 Å². The van der Waals surface area contributed by atoms with E-state index in [2.05, 4.69) is 15.5 Å². The van der Waals surface area contributed by atoms with Gasteiger partial charge in [-0.15, -0.1) is 0 Å². The van der Waals surface area contributed by atoms with Gasteiger partial charge >= 0.3 is 0 Å². The average molecular weight is 267 g/mol. The molecule has 0 aliphatic rings. The Bertz CT molecular complexity index is 555. The number of hydrogen-bond acceptors (Lipinski definition) is 5.